The summed E-state index contributed by atoms with van der Waals surface area (Å²) < 4.78 is 20.2. The maximum Gasteiger partial charge on any atom is 0.307 e. The third-order valence-corrected chi connectivity index (χ3v) is 4.00. The van der Waals surface area contributed by atoms with E-state index in [1.54, 1.807) is 13.0 Å². The third-order valence-electron chi connectivity index (χ3n) is 3.81. The van der Waals surface area contributed by atoms with Crippen LogP contribution in [0.4, 0.5) is 0 Å². The summed E-state index contributed by atoms with van der Waals surface area (Å²) in [4.78, 5) is 31.4. The van der Waals surface area contributed by atoms with Gasteiger partial charge < -0.3 is 18.5 Å². The Kier molecular flexibility index (Phi) is 7.50. The summed E-state index contributed by atoms with van der Waals surface area (Å²) in [7, 11) is 0. The molecule has 0 aliphatic heterocycles. The average Bonchev–Trinajstić information content (AvgIpc) is 3.39. The molecule has 11 heteroatoms. The Bertz CT molecular complexity index is 1000. The fraction of sp³-hybridized carbons (Fsp3) is 0.368. The summed E-state index contributed by atoms with van der Waals surface area (Å²) in [5, 5.41) is 7.72. The van der Waals surface area contributed by atoms with Gasteiger partial charge >= 0.3 is 11.9 Å². The topological polar surface area (TPSA) is 130 Å². The van der Waals surface area contributed by atoms with E-state index in [2.05, 4.69) is 20.3 Å². The van der Waals surface area contributed by atoms with Crippen molar-refractivity contribution >= 4 is 23.5 Å². The number of esters is 2. The summed E-state index contributed by atoms with van der Waals surface area (Å²) in [6.45, 7) is 1.70. The Labute approximate surface area is 176 Å². The lowest BCUT2D eigenvalue weighted by atomic mass is 10.1. The van der Waals surface area contributed by atoms with Crippen LogP contribution in [0.15, 0.2) is 33.3 Å². The van der Waals surface area contributed by atoms with Crippen molar-refractivity contribution < 1.29 is 28.1 Å². The van der Waals surface area contributed by atoms with Crippen molar-refractivity contribution in [2.24, 2.45) is 0 Å². The van der Waals surface area contributed by atoms with Gasteiger partial charge in [-0.05, 0) is 19.1 Å². The summed E-state index contributed by atoms with van der Waals surface area (Å²) in [5.74, 6) is 0.907. The largest absolute Gasteiger partial charge is 0.462 e. The summed E-state index contributed by atoms with van der Waals surface area (Å²) in [6.07, 6.45) is 0.394. The molecule has 0 radical (unpaired) electrons. The first-order valence-electron chi connectivity index (χ1n) is 9.16. The molecule has 0 N–H and O–H groups in total. The van der Waals surface area contributed by atoms with Gasteiger partial charge in [-0.15, -0.1) is 11.6 Å². The molecular formula is C19H19ClN4O6. The van der Waals surface area contributed by atoms with Gasteiger partial charge in [0.25, 0.3) is 5.89 Å². The molecule has 0 unspecified atom stereocenters. The van der Waals surface area contributed by atoms with E-state index in [0.29, 0.717) is 29.0 Å². The van der Waals surface area contributed by atoms with Crippen molar-refractivity contribution in [3.8, 4) is 22.8 Å². The number of aryl methyl sites for hydroxylation is 2. The Balaban J connectivity index is 1.48. The monoisotopic (exact) mass is 434 g/mol. The van der Waals surface area contributed by atoms with Crippen LogP contribution in [0.3, 0.4) is 0 Å². The van der Waals surface area contributed by atoms with Crippen LogP contribution in [0.5, 0.6) is 0 Å². The number of alkyl halides is 1. The van der Waals surface area contributed by atoms with E-state index in [1.807, 2.05) is 18.2 Å². The van der Waals surface area contributed by atoms with E-state index in [4.69, 9.17) is 30.1 Å². The number of hydrogen-bond acceptors (Lipinski definition) is 10. The van der Waals surface area contributed by atoms with Gasteiger partial charge in [0.15, 0.2) is 5.82 Å². The predicted octanol–water partition coefficient (Wildman–Crippen LogP) is 2.74. The summed E-state index contributed by atoms with van der Waals surface area (Å²) >= 11 is 5.42. The molecule has 0 bridgehead atoms. The number of halogens is 1. The lowest BCUT2D eigenvalue weighted by molar-refractivity contribution is -0.152. The van der Waals surface area contributed by atoms with Crippen molar-refractivity contribution in [2.45, 2.75) is 26.2 Å². The standard InChI is InChI=1S/C19H19ClN4O6/c1-12-21-19(30-23-12)14-4-2-3-13(11-14)18-22-15(29-24-18)5-6-16(25)27-9-10-28-17(26)7-8-20/h2-4,11H,5-10H2,1H3. The highest BCUT2D eigenvalue weighted by Gasteiger charge is 2.14. The first-order chi connectivity index (χ1) is 14.5. The smallest absolute Gasteiger partial charge is 0.307 e. The van der Waals surface area contributed by atoms with E-state index < -0.39 is 11.9 Å². The van der Waals surface area contributed by atoms with E-state index in [-0.39, 0.29) is 38.4 Å². The van der Waals surface area contributed by atoms with E-state index in [1.165, 1.54) is 0 Å². The molecular weight excluding hydrogens is 416 g/mol. The Morgan fingerprint density at radius 2 is 1.73 bits per heavy atom. The highest BCUT2D eigenvalue weighted by Crippen LogP contribution is 2.23. The molecule has 30 heavy (non-hydrogen) atoms. The number of aromatic nitrogens is 4. The van der Waals surface area contributed by atoms with Gasteiger partial charge in [-0.1, -0.05) is 22.4 Å². The van der Waals surface area contributed by atoms with Crippen molar-refractivity contribution in [3.63, 3.8) is 0 Å². The second-order valence-electron chi connectivity index (χ2n) is 6.12. The second-order valence-corrected chi connectivity index (χ2v) is 6.50. The normalized spacial score (nSPS) is 10.7. The Morgan fingerprint density at radius 3 is 2.43 bits per heavy atom. The average molecular weight is 435 g/mol. The lowest BCUT2D eigenvalue weighted by Crippen LogP contribution is -2.14. The number of hydrogen-bond donors (Lipinski definition) is 0. The van der Waals surface area contributed by atoms with Crippen molar-refractivity contribution in [3.05, 3.63) is 36.0 Å². The van der Waals surface area contributed by atoms with Gasteiger partial charge in [-0.3, -0.25) is 9.59 Å². The van der Waals surface area contributed by atoms with Crippen LogP contribution in [0.2, 0.25) is 0 Å². The maximum absolute atomic E-state index is 11.8. The molecule has 2 aromatic heterocycles. The predicted molar refractivity (Wildman–Crippen MR) is 103 cm³/mol. The number of carbonyl (C=O) groups is 2. The summed E-state index contributed by atoms with van der Waals surface area (Å²) in [5.41, 5.74) is 1.44. The van der Waals surface area contributed by atoms with Gasteiger partial charge in [-0.25, -0.2) is 0 Å². The molecule has 3 aromatic rings. The Hall–Kier alpha value is -3.27. The molecule has 2 heterocycles. The molecule has 0 atom stereocenters. The minimum absolute atomic E-state index is 0.0118. The van der Waals surface area contributed by atoms with Crippen LogP contribution >= 0.6 is 11.6 Å². The quantitative estimate of drug-likeness (QED) is 0.266. The number of rotatable bonds is 10. The highest BCUT2D eigenvalue weighted by atomic mass is 35.5. The minimum atomic E-state index is -0.461. The first kappa shape index (κ1) is 21.4. The summed E-state index contributed by atoms with van der Waals surface area (Å²) in [6, 6.07) is 7.28. The van der Waals surface area contributed by atoms with Gasteiger partial charge in [0.2, 0.25) is 11.7 Å². The van der Waals surface area contributed by atoms with Gasteiger partial charge in [0.1, 0.15) is 13.2 Å². The molecule has 0 aliphatic carbocycles. The van der Waals surface area contributed by atoms with Crippen LogP contribution in [-0.2, 0) is 25.5 Å². The van der Waals surface area contributed by atoms with Gasteiger partial charge in [-0.2, -0.15) is 9.97 Å². The van der Waals surface area contributed by atoms with Crippen molar-refractivity contribution in [1.29, 1.82) is 0 Å². The zero-order valence-corrected chi connectivity index (χ0v) is 16.9. The van der Waals surface area contributed by atoms with Gasteiger partial charge in [0.05, 0.1) is 12.8 Å². The van der Waals surface area contributed by atoms with Crippen LogP contribution in [-0.4, -0.2) is 51.3 Å². The van der Waals surface area contributed by atoms with Crippen LogP contribution < -0.4 is 0 Å². The molecule has 158 valence electrons. The van der Waals surface area contributed by atoms with Crippen molar-refractivity contribution in [1.82, 2.24) is 20.3 Å². The molecule has 10 nitrogen and oxygen atoms in total. The first-order valence-corrected chi connectivity index (χ1v) is 9.69. The van der Waals surface area contributed by atoms with Gasteiger partial charge in [0, 0.05) is 23.4 Å². The molecule has 0 fully saturated rings. The van der Waals surface area contributed by atoms with Crippen LogP contribution in [0.25, 0.3) is 22.8 Å². The number of carbonyl (C=O) groups excluding carboxylic acids is 2. The van der Waals surface area contributed by atoms with Crippen LogP contribution in [0.1, 0.15) is 24.6 Å². The molecule has 0 saturated heterocycles. The number of ether oxygens (including phenoxy) is 2. The van der Waals surface area contributed by atoms with E-state index in [9.17, 15) is 9.59 Å². The fourth-order valence-electron chi connectivity index (χ4n) is 2.42. The zero-order chi connectivity index (χ0) is 21.3. The van der Waals surface area contributed by atoms with E-state index in [0.717, 1.165) is 5.56 Å². The SMILES string of the molecule is Cc1noc(-c2cccc(-c3noc(CCC(=O)OCCOC(=O)CCCl)n3)c2)n1. The molecule has 0 amide bonds. The highest BCUT2D eigenvalue weighted by molar-refractivity contribution is 6.18. The van der Waals surface area contributed by atoms with Crippen LogP contribution in [0, 0.1) is 6.92 Å². The lowest BCUT2D eigenvalue weighted by Gasteiger charge is -2.05. The molecule has 0 saturated carbocycles. The second kappa shape index (κ2) is 10.5. The Morgan fingerprint density at radius 1 is 1.00 bits per heavy atom. The molecule has 0 aliphatic rings. The fourth-order valence-corrected chi connectivity index (χ4v) is 2.58. The minimum Gasteiger partial charge on any atom is -0.462 e. The maximum atomic E-state index is 11.8. The molecule has 1 aromatic carbocycles. The molecule has 3 rings (SSSR count). The molecule has 0 spiro atoms. The third kappa shape index (κ3) is 6.11. The number of nitrogens with zero attached hydrogens (tertiary/aromatic N) is 4. The van der Waals surface area contributed by atoms with Crippen molar-refractivity contribution in [2.75, 3.05) is 19.1 Å². The van der Waals surface area contributed by atoms with E-state index >= 15 is 0 Å². The zero-order valence-electron chi connectivity index (χ0n) is 16.2. The number of benzene rings is 1.